The molecule has 1 aromatic carbocycles. The van der Waals surface area contributed by atoms with Gasteiger partial charge in [0.1, 0.15) is 6.61 Å². The van der Waals surface area contributed by atoms with Gasteiger partial charge < -0.3 is 9.47 Å². The van der Waals surface area contributed by atoms with Crippen molar-refractivity contribution in [3.8, 4) is 23.8 Å². The molecular formula is C12H10ClNO4. The Labute approximate surface area is 109 Å². The third-order valence-corrected chi connectivity index (χ3v) is 2.22. The molecule has 0 amide bonds. The highest BCUT2D eigenvalue weighted by Gasteiger charge is 2.11. The van der Waals surface area contributed by atoms with Crippen LogP contribution in [0.25, 0.3) is 6.08 Å². The van der Waals surface area contributed by atoms with Crippen molar-refractivity contribution in [3.05, 3.63) is 39.0 Å². The number of ether oxygens (including phenoxy) is 2. The monoisotopic (exact) mass is 267 g/mol. The van der Waals surface area contributed by atoms with E-state index in [0.29, 0.717) is 17.1 Å². The van der Waals surface area contributed by atoms with Crippen LogP contribution in [0.2, 0.25) is 5.02 Å². The summed E-state index contributed by atoms with van der Waals surface area (Å²) in [4.78, 5) is 9.66. The highest BCUT2D eigenvalue weighted by atomic mass is 35.5. The minimum absolute atomic E-state index is 0.0557. The molecule has 0 radical (unpaired) electrons. The molecule has 1 aromatic rings. The van der Waals surface area contributed by atoms with Crippen LogP contribution in [0.3, 0.4) is 0 Å². The van der Waals surface area contributed by atoms with Gasteiger partial charge in [-0.15, -0.1) is 6.42 Å². The van der Waals surface area contributed by atoms with Crippen molar-refractivity contribution < 1.29 is 14.4 Å². The van der Waals surface area contributed by atoms with Gasteiger partial charge in [0, 0.05) is 6.08 Å². The summed E-state index contributed by atoms with van der Waals surface area (Å²) in [7, 11) is 1.44. The van der Waals surface area contributed by atoms with Gasteiger partial charge in [-0.2, -0.15) is 0 Å². The van der Waals surface area contributed by atoms with Gasteiger partial charge in [0.15, 0.2) is 11.5 Å². The predicted octanol–water partition coefficient (Wildman–Crippen LogP) is 2.61. The number of methoxy groups -OCH3 is 1. The van der Waals surface area contributed by atoms with Crippen molar-refractivity contribution in [1.82, 2.24) is 0 Å². The lowest BCUT2D eigenvalue weighted by molar-refractivity contribution is -0.400. The summed E-state index contributed by atoms with van der Waals surface area (Å²) < 4.78 is 10.3. The zero-order chi connectivity index (χ0) is 13.5. The fourth-order valence-electron chi connectivity index (χ4n) is 1.24. The summed E-state index contributed by atoms with van der Waals surface area (Å²) in [6, 6.07) is 3.09. The second-order valence-corrected chi connectivity index (χ2v) is 3.54. The molecule has 0 spiro atoms. The van der Waals surface area contributed by atoms with Crippen molar-refractivity contribution in [2.45, 2.75) is 0 Å². The highest BCUT2D eigenvalue weighted by molar-refractivity contribution is 6.32. The molecule has 0 fully saturated rings. The summed E-state index contributed by atoms with van der Waals surface area (Å²) in [5, 5.41) is 10.5. The highest BCUT2D eigenvalue weighted by Crippen LogP contribution is 2.36. The van der Waals surface area contributed by atoms with Gasteiger partial charge in [-0.25, -0.2) is 0 Å². The number of rotatable bonds is 5. The van der Waals surface area contributed by atoms with Crippen LogP contribution in [-0.2, 0) is 0 Å². The molecular weight excluding hydrogens is 258 g/mol. The Bertz CT molecular complexity index is 520. The Morgan fingerprint density at radius 1 is 1.61 bits per heavy atom. The Morgan fingerprint density at radius 3 is 2.89 bits per heavy atom. The van der Waals surface area contributed by atoms with Crippen LogP contribution in [0.1, 0.15) is 5.56 Å². The van der Waals surface area contributed by atoms with Gasteiger partial charge in [0.25, 0.3) is 0 Å². The molecule has 0 aliphatic rings. The van der Waals surface area contributed by atoms with E-state index in [-0.39, 0.29) is 11.6 Å². The quantitative estimate of drug-likeness (QED) is 0.467. The van der Waals surface area contributed by atoms with E-state index in [9.17, 15) is 10.1 Å². The molecule has 0 saturated heterocycles. The van der Waals surface area contributed by atoms with Gasteiger partial charge in [-0.3, -0.25) is 10.1 Å². The number of nitro groups is 1. The SMILES string of the molecule is C#CCOc1c(Cl)cc(/C=C/[N+](=O)[O-])cc1OC. The molecule has 1 rings (SSSR count). The second-order valence-electron chi connectivity index (χ2n) is 3.13. The normalized spacial score (nSPS) is 10.1. The maximum absolute atomic E-state index is 10.2. The van der Waals surface area contributed by atoms with E-state index in [1.165, 1.54) is 19.3 Å². The first-order valence-electron chi connectivity index (χ1n) is 4.84. The second kappa shape index (κ2) is 6.52. The molecule has 0 aromatic heterocycles. The summed E-state index contributed by atoms with van der Waals surface area (Å²) in [5.41, 5.74) is 0.529. The Morgan fingerprint density at radius 2 is 2.33 bits per heavy atom. The molecule has 0 unspecified atom stereocenters. The smallest absolute Gasteiger partial charge is 0.235 e. The van der Waals surface area contributed by atoms with E-state index in [1.54, 1.807) is 6.07 Å². The van der Waals surface area contributed by atoms with E-state index < -0.39 is 4.92 Å². The number of hydrogen-bond acceptors (Lipinski definition) is 4. The van der Waals surface area contributed by atoms with E-state index in [2.05, 4.69) is 5.92 Å². The van der Waals surface area contributed by atoms with Crippen LogP contribution in [0.5, 0.6) is 11.5 Å². The van der Waals surface area contributed by atoms with Crippen molar-refractivity contribution in [2.75, 3.05) is 13.7 Å². The predicted molar refractivity (Wildman–Crippen MR) is 68.4 cm³/mol. The molecule has 18 heavy (non-hydrogen) atoms. The van der Waals surface area contributed by atoms with Gasteiger partial charge >= 0.3 is 0 Å². The van der Waals surface area contributed by atoms with Gasteiger partial charge in [-0.05, 0) is 17.7 Å². The molecule has 0 N–H and O–H groups in total. The standard InChI is InChI=1S/C12H10ClNO4/c1-3-6-18-12-10(13)7-9(4-5-14(15)16)8-11(12)17-2/h1,4-5,7-8H,6H2,2H3/b5-4+. The van der Waals surface area contributed by atoms with Crippen LogP contribution < -0.4 is 9.47 Å². The van der Waals surface area contributed by atoms with Gasteiger partial charge in [0.05, 0.1) is 17.1 Å². The number of halogens is 1. The average molecular weight is 268 g/mol. The Balaban J connectivity index is 3.10. The lowest BCUT2D eigenvalue weighted by Gasteiger charge is -2.11. The molecule has 0 bridgehead atoms. The molecule has 0 aliphatic heterocycles. The number of benzene rings is 1. The lowest BCUT2D eigenvalue weighted by Crippen LogP contribution is -1.98. The van der Waals surface area contributed by atoms with Crippen LogP contribution >= 0.6 is 11.6 Å². The van der Waals surface area contributed by atoms with Gasteiger partial charge in [-0.1, -0.05) is 17.5 Å². The summed E-state index contributed by atoms with van der Waals surface area (Å²) >= 11 is 5.99. The van der Waals surface area contributed by atoms with Crippen LogP contribution in [-0.4, -0.2) is 18.6 Å². The molecule has 0 aliphatic carbocycles. The third kappa shape index (κ3) is 3.68. The summed E-state index contributed by atoms with van der Waals surface area (Å²) in [6.45, 7) is 0.0557. The molecule has 0 atom stereocenters. The first-order valence-corrected chi connectivity index (χ1v) is 5.21. The van der Waals surface area contributed by atoms with Crippen molar-refractivity contribution in [3.63, 3.8) is 0 Å². The van der Waals surface area contributed by atoms with Gasteiger partial charge in [0.2, 0.25) is 6.20 Å². The minimum atomic E-state index is -0.566. The number of hydrogen-bond donors (Lipinski definition) is 0. The van der Waals surface area contributed by atoms with E-state index in [0.717, 1.165) is 6.20 Å². The molecule has 94 valence electrons. The first-order chi connectivity index (χ1) is 8.58. The van der Waals surface area contributed by atoms with Crippen LogP contribution in [0.4, 0.5) is 0 Å². The summed E-state index contributed by atoms with van der Waals surface area (Å²) in [6.07, 6.45) is 7.20. The molecule has 5 nitrogen and oxygen atoms in total. The van der Waals surface area contributed by atoms with Crippen LogP contribution in [0, 0.1) is 22.5 Å². The third-order valence-electron chi connectivity index (χ3n) is 1.94. The van der Waals surface area contributed by atoms with Crippen molar-refractivity contribution in [1.29, 1.82) is 0 Å². The number of nitrogens with zero attached hydrogens (tertiary/aromatic N) is 1. The molecule has 0 saturated carbocycles. The largest absolute Gasteiger partial charge is 0.493 e. The lowest BCUT2D eigenvalue weighted by atomic mass is 10.2. The zero-order valence-corrected chi connectivity index (χ0v) is 10.3. The molecule has 0 heterocycles. The van der Waals surface area contributed by atoms with Crippen molar-refractivity contribution in [2.24, 2.45) is 0 Å². The summed E-state index contributed by atoms with van der Waals surface area (Å²) in [5.74, 6) is 2.99. The van der Waals surface area contributed by atoms with E-state index >= 15 is 0 Å². The maximum Gasteiger partial charge on any atom is 0.235 e. The van der Waals surface area contributed by atoms with E-state index in [1.807, 2.05) is 0 Å². The van der Waals surface area contributed by atoms with Crippen molar-refractivity contribution >= 4 is 17.7 Å². The topological polar surface area (TPSA) is 61.6 Å². The Kier molecular flexibility index (Phi) is 5.03. The Hall–Kier alpha value is -2.19. The van der Waals surface area contributed by atoms with Crippen LogP contribution in [0.15, 0.2) is 18.3 Å². The molecule has 6 heteroatoms. The number of terminal acetylenes is 1. The fourth-order valence-corrected chi connectivity index (χ4v) is 1.51. The average Bonchev–Trinajstić information content (AvgIpc) is 2.34. The zero-order valence-electron chi connectivity index (χ0n) is 9.55. The minimum Gasteiger partial charge on any atom is -0.493 e. The maximum atomic E-state index is 10.2. The van der Waals surface area contributed by atoms with E-state index in [4.69, 9.17) is 27.5 Å². The first kappa shape index (κ1) is 13.9. The fraction of sp³-hybridized carbons (Fsp3) is 0.167.